The van der Waals surface area contributed by atoms with Crippen molar-refractivity contribution in [2.75, 3.05) is 16.0 Å². The number of halogens is 1. The Bertz CT molecular complexity index is 826. The Balaban J connectivity index is 1.95. The molecule has 2 aromatic carbocycles. The molecule has 1 fully saturated rings. The highest BCUT2D eigenvalue weighted by Gasteiger charge is 2.56. The highest BCUT2D eigenvalue weighted by molar-refractivity contribution is 8.01. The molecule has 4 rings (SSSR count). The van der Waals surface area contributed by atoms with Crippen molar-refractivity contribution in [1.29, 1.82) is 0 Å². The predicted octanol–water partition coefficient (Wildman–Crippen LogP) is 3.62. The molecule has 1 atom stereocenters. The van der Waals surface area contributed by atoms with Gasteiger partial charge in [0.1, 0.15) is 0 Å². The van der Waals surface area contributed by atoms with Crippen LogP contribution in [-0.2, 0) is 14.5 Å². The first-order valence-electron chi connectivity index (χ1n) is 7.26. The van der Waals surface area contributed by atoms with Gasteiger partial charge in [0.25, 0.3) is 5.91 Å². The van der Waals surface area contributed by atoms with Crippen LogP contribution in [0.15, 0.2) is 48.5 Å². The van der Waals surface area contributed by atoms with E-state index in [1.165, 1.54) is 11.8 Å². The van der Waals surface area contributed by atoms with Crippen LogP contribution in [0.3, 0.4) is 0 Å². The van der Waals surface area contributed by atoms with Crippen LogP contribution in [0.5, 0.6) is 0 Å². The van der Waals surface area contributed by atoms with Crippen molar-refractivity contribution in [2.24, 2.45) is 0 Å². The Morgan fingerprint density at radius 1 is 1.13 bits per heavy atom. The monoisotopic (exact) mass is 344 g/mol. The summed E-state index contributed by atoms with van der Waals surface area (Å²) in [6.45, 7) is 0. The first-order valence-corrected chi connectivity index (χ1v) is 8.63. The van der Waals surface area contributed by atoms with Crippen LogP contribution in [0.1, 0.15) is 12.0 Å². The van der Waals surface area contributed by atoms with E-state index in [1.54, 1.807) is 23.1 Å². The Hall–Kier alpha value is -1.98. The first kappa shape index (κ1) is 14.6. The minimum Gasteiger partial charge on any atom is -0.323 e. The molecule has 23 heavy (non-hydrogen) atoms. The molecule has 2 amide bonds. The summed E-state index contributed by atoms with van der Waals surface area (Å²) in [4.78, 5) is 26.1. The molecule has 1 N–H and O–H groups in total. The highest BCUT2D eigenvalue weighted by Crippen LogP contribution is 2.52. The van der Waals surface area contributed by atoms with Gasteiger partial charge in [0.15, 0.2) is 0 Å². The topological polar surface area (TPSA) is 49.4 Å². The summed E-state index contributed by atoms with van der Waals surface area (Å²) >= 11 is 7.58. The SMILES string of the molecule is O=C1CCSC2(C(=O)Nc3ccccc32)N1c1cccc(Cl)c1. The number of para-hydroxylation sites is 1. The summed E-state index contributed by atoms with van der Waals surface area (Å²) in [6.07, 6.45) is 0.397. The number of thioether (sulfide) groups is 1. The third-order valence-corrected chi connectivity index (χ3v) is 5.75. The average Bonchev–Trinajstić information content (AvgIpc) is 2.80. The van der Waals surface area contributed by atoms with Gasteiger partial charge in [0.05, 0.1) is 0 Å². The number of hydrogen-bond acceptors (Lipinski definition) is 3. The number of nitrogens with zero attached hydrogens (tertiary/aromatic N) is 1. The van der Waals surface area contributed by atoms with Gasteiger partial charge < -0.3 is 5.32 Å². The number of amides is 2. The molecule has 2 aliphatic rings. The van der Waals surface area contributed by atoms with Crippen molar-refractivity contribution in [3.05, 3.63) is 59.1 Å². The maximum absolute atomic E-state index is 12.9. The standard InChI is InChI=1S/C17H13ClN2O2S/c18-11-4-3-5-12(10-11)20-15(21)8-9-23-17(20)13-6-1-2-7-14(13)19-16(17)22/h1-7,10H,8-9H2,(H,19,22). The second kappa shape index (κ2) is 5.28. The zero-order valence-corrected chi connectivity index (χ0v) is 13.7. The van der Waals surface area contributed by atoms with Crippen LogP contribution in [0.4, 0.5) is 11.4 Å². The fourth-order valence-electron chi connectivity index (χ4n) is 3.16. The lowest BCUT2D eigenvalue weighted by Gasteiger charge is -2.42. The van der Waals surface area contributed by atoms with Crippen LogP contribution in [0.25, 0.3) is 0 Å². The van der Waals surface area contributed by atoms with Gasteiger partial charge in [-0.05, 0) is 24.3 Å². The molecule has 2 heterocycles. The summed E-state index contributed by atoms with van der Waals surface area (Å²) < 4.78 is 0. The first-order chi connectivity index (χ1) is 11.1. The molecular weight excluding hydrogens is 332 g/mol. The maximum Gasteiger partial charge on any atom is 0.266 e. The predicted molar refractivity (Wildman–Crippen MR) is 92.8 cm³/mol. The molecule has 0 aromatic heterocycles. The largest absolute Gasteiger partial charge is 0.323 e. The third-order valence-electron chi connectivity index (χ3n) is 4.11. The van der Waals surface area contributed by atoms with E-state index in [9.17, 15) is 9.59 Å². The van der Waals surface area contributed by atoms with Gasteiger partial charge in [-0.1, -0.05) is 35.9 Å². The third kappa shape index (κ3) is 2.07. The molecule has 0 radical (unpaired) electrons. The van der Waals surface area contributed by atoms with Gasteiger partial charge >= 0.3 is 0 Å². The molecule has 6 heteroatoms. The quantitative estimate of drug-likeness (QED) is 0.859. The van der Waals surface area contributed by atoms with Gasteiger partial charge in [-0.2, -0.15) is 0 Å². The van der Waals surface area contributed by atoms with E-state index in [4.69, 9.17) is 11.6 Å². The van der Waals surface area contributed by atoms with Crippen LogP contribution in [-0.4, -0.2) is 17.6 Å². The zero-order chi connectivity index (χ0) is 16.0. The number of anilines is 2. The summed E-state index contributed by atoms with van der Waals surface area (Å²) in [7, 11) is 0. The lowest BCUT2D eigenvalue weighted by molar-refractivity contribution is -0.124. The van der Waals surface area contributed by atoms with Crippen molar-refractivity contribution in [2.45, 2.75) is 11.3 Å². The lowest BCUT2D eigenvalue weighted by atomic mass is 10.0. The molecule has 1 saturated heterocycles. The molecule has 2 aliphatic heterocycles. The molecule has 4 nitrogen and oxygen atoms in total. The average molecular weight is 345 g/mol. The zero-order valence-electron chi connectivity index (χ0n) is 12.1. The van der Waals surface area contributed by atoms with E-state index in [0.717, 1.165) is 11.3 Å². The molecule has 1 unspecified atom stereocenters. The van der Waals surface area contributed by atoms with Crippen LogP contribution in [0, 0.1) is 0 Å². The van der Waals surface area contributed by atoms with Crippen molar-refractivity contribution in [3.8, 4) is 0 Å². The fourth-order valence-corrected chi connectivity index (χ4v) is 4.77. The van der Waals surface area contributed by atoms with Gasteiger partial charge in [-0.15, -0.1) is 11.8 Å². The molecule has 116 valence electrons. The Kier molecular flexibility index (Phi) is 3.36. The van der Waals surface area contributed by atoms with E-state index in [-0.39, 0.29) is 11.8 Å². The summed E-state index contributed by atoms with van der Waals surface area (Å²) in [5.41, 5.74) is 2.22. The lowest BCUT2D eigenvalue weighted by Crippen LogP contribution is -2.54. The second-order valence-corrected chi connectivity index (χ2v) is 7.18. The number of rotatable bonds is 1. The number of fused-ring (bicyclic) bond motifs is 2. The van der Waals surface area contributed by atoms with Crippen LogP contribution < -0.4 is 10.2 Å². The Morgan fingerprint density at radius 2 is 1.96 bits per heavy atom. The molecule has 0 aliphatic carbocycles. The second-order valence-electron chi connectivity index (χ2n) is 5.45. The molecule has 0 saturated carbocycles. The smallest absolute Gasteiger partial charge is 0.266 e. The molecule has 2 aromatic rings. The van der Waals surface area contributed by atoms with Crippen LogP contribution >= 0.6 is 23.4 Å². The van der Waals surface area contributed by atoms with Crippen molar-refractivity contribution in [1.82, 2.24) is 0 Å². The van der Waals surface area contributed by atoms with E-state index in [0.29, 0.717) is 22.9 Å². The molecular formula is C17H13ClN2O2S. The van der Waals surface area contributed by atoms with Gasteiger partial charge in [0.2, 0.25) is 10.8 Å². The normalized spacial score (nSPS) is 23.1. The van der Waals surface area contributed by atoms with E-state index < -0.39 is 4.87 Å². The van der Waals surface area contributed by atoms with E-state index >= 15 is 0 Å². The number of carbonyl (C=O) groups excluding carboxylic acids is 2. The van der Waals surface area contributed by atoms with Crippen molar-refractivity contribution in [3.63, 3.8) is 0 Å². The van der Waals surface area contributed by atoms with E-state index in [1.807, 2.05) is 30.3 Å². The summed E-state index contributed by atoms with van der Waals surface area (Å²) in [6, 6.07) is 14.6. The van der Waals surface area contributed by atoms with Crippen molar-refractivity contribution >= 4 is 46.6 Å². The number of carbonyl (C=O) groups is 2. The fraction of sp³-hybridized carbons (Fsp3) is 0.176. The minimum atomic E-state index is -1.06. The molecule has 1 spiro atoms. The van der Waals surface area contributed by atoms with E-state index in [2.05, 4.69) is 5.32 Å². The van der Waals surface area contributed by atoms with Gasteiger partial charge in [0, 0.05) is 34.1 Å². The van der Waals surface area contributed by atoms with Gasteiger partial charge in [-0.3, -0.25) is 14.5 Å². The number of hydrogen-bond donors (Lipinski definition) is 1. The minimum absolute atomic E-state index is 0.0714. The summed E-state index contributed by atoms with van der Waals surface area (Å²) in [5, 5.41) is 3.44. The Labute approximate surface area is 142 Å². The van der Waals surface area contributed by atoms with Gasteiger partial charge in [-0.25, -0.2) is 0 Å². The summed E-state index contributed by atoms with van der Waals surface area (Å²) in [5.74, 6) is 0.354. The van der Waals surface area contributed by atoms with Crippen LogP contribution in [0.2, 0.25) is 5.02 Å². The number of benzene rings is 2. The Morgan fingerprint density at radius 3 is 2.78 bits per heavy atom. The molecule has 0 bridgehead atoms. The maximum atomic E-state index is 12.9. The number of nitrogens with one attached hydrogen (secondary N) is 1. The highest BCUT2D eigenvalue weighted by atomic mass is 35.5. The van der Waals surface area contributed by atoms with Crippen molar-refractivity contribution < 1.29 is 9.59 Å².